The number of para-hydroxylation sites is 2. The van der Waals surface area contributed by atoms with E-state index in [1.54, 1.807) is 0 Å². The predicted molar refractivity (Wildman–Crippen MR) is 263 cm³/mol. The Morgan fingerprint density at radius 2 is 1.00 bits per heavy atom. The average molecular weight is 821 g/mol. The number of aromatic nitrogens is 4. The normalized spacial score (nSPS) is 12.1. The third kappa shape index (κ3) is 5.13. The molecule has 4 aromatic heterocycles. The summed E-state index contributed by atoms with van der Waals surface area (Å²) in [5, 5.41) is 14.2. The fraction of sp³-hybridized carbons (Fsp3) is 0. The topological polar surface area (TPSA) is 56.7 Å². The molecular formula is C57H32N4OS. The first-order valence-electron chi connectivity index (χ1n) is 21.2. The molecule has 14 aromatic rings. The van der Waals surface area contributed by atoms with Crippen LogP contribution in [-0.2, 0) is 0 Å². The van der Waals surface area contributed by atoms with Crippen molar-refractivity contribution in [2.24, 2.45) is 0 Å². The standard InChI is InChI=1S/C57H32N4OS/c1-2-14-36-31-37(24-23-33(36)11-1)55-58-56(38-25-28-42-41-17-7-8-22-48(41)62-49(42)32-38)60-57(59-55)61-47-29-26-34-12-3-5-15-39(34)51(47)45-20-9-18-43(53(45)61)44-19-10-21-46-52-40-16-6-4-13-35(40)27-30-50(52)63-54(44)46/h1-32H. The maximum Gasteiger partial charge on any atom is 0.238 e. The summed E-state index contributed by atoms with van der Waals surface area (Å²) in [5.41, 5.74) is 7.77. The second-order valence-corrected chi connectivity index (χ2v) is 17.4. The van der Waals surface area contributed by atoms with Gasteiger partial charge in [0, 0.05) is 64.0 Å². The van der Waals surface area contributed by atoms with Gasteiger partial charge in [-0.25, -0.2) is 4.98 Å². The molecule has 292 valence electrons. The minimum atomic E-state index is 0.546. The van der Waals surface area contributed by atoms with Gasteiger partial charge in [0.2, 0.25) is 5.95 Å². The van der Waals surface area contributed by atoms with Crippen molar-refractivity contribution in [1.82, 2.24) is 19.5 Å². The Kier molecular flexibility index (Phi) is 7.21. The number of hydrogen-bond acceptors (Lipinski definition) is 5. The van der Waals surface area contributed by atoms with Gasteiger partial charge in [-0.3, -0.25) is 4.57 Å². The molecule has 4 heterocycles. The van der Waals surface area contributed by atoms with Gasteiger partial charge in [0.15, 0.2) is 11.6 Å². The van der Waals surface area contributed by atoms with E-state index in [9.17, 15) is 0 Å². The number of benzene rings is 10. The van der Waals surface area contributed by atoms with Gasteiger partial charge >= 0.3 is 0 Å². The first-order valence-corrected chi connectivity index (χ1v) is 22.0. The van der Waals surface area contributed by atoms with E-state index in [1.165, 1.54) is 47.3 Å². The quantitative estimate of drug-likeness (QED) is 0.177. The minimum Gasteiger partial charge on any atom is -0.456 e. The van der Waals surface area contributed by atoms with Gasteiger partial charge in [-0.15, -0.1) is 11.3 Å². The molecule has 0 saturated heterocycles. The summed E-state index contributed by atoms with van der Waals surface area (Å²) in [6, 6.07) is 69.1. The predicted octanol–water partition coefficient (Wildman–Crippen LogP) is 15.7. The third-order valence-corrected chi connectivity index (χ3v) is 14.0. The Morgan fingerprint density at radius 1 is 0.397 bits per heavy atom. The van der Waals surface area contributed by atoms with Crippen LogP contribution in [0.2, 0.25) is 0 Å². The second-order valence-electron chi connectivity index (χ2n) is 16.3. The Bertz CT molecular complexity index is 4230. The summed E-state index contributed by atoms with van der Waals surface area (Å²) in [5.74, 6) is 1.71. The first-order chi connectivity index (χ1) is 31.2. The SMILES string of the molecule is c1ccc2cc(-c3nc(-c4ccc5c(c4)oc4ccccc45)nc(-n4c5ccc6ccccc6c5c5cccc(-c6cccc7c6sc6ccc8ccccc8c67)c54)n3)ccc2c1. The van der Waals surface area contributed by atoms with E-state index in [1.807, 2.05) is 29.5 Å². The maximum absolute atomic E-state index is 6.41. The van der Waals surface area contributed by atoms with Crippen molar-refractivity contribution in [2.75, 3.05) is 0 Å². The molecule has 63 heavy (non-hydrogen) atoms. The van der Waals surface area contributed by atoms with Gasteiger partial charge in [0.25, 0.3) is 0 Å². The van der Waals surface area contributed by atoms with Crippen LogP contribution in [0.4, 0.5) is 0 Å². The molecular weight excluding hydrogens is 789 g/mol. The highest BCUT2D eigenvalue weighted by molar-refractivity contribution is 7.26. The van der Waals surface area contributed by atoms with E-state index in [0.717, 1.165) is 71.2 Å². The van der Waals surface area contributed by atoms with Crippen molar-refractivity contribution >= 4 is 108 Å². The van der Waals surface area contributed by atoms with Crippen molar-refractivity contribution in [2.45, 2.75) is 0 Å². The van der Waals surface area contributed by atoms with E-state index >= 15 is 0 Å². The summed E-state index contributed by atoms with van der Waals surface area (Å²) in [6.45, 7) is 0. The zero-order valence-electron chi connectivity index (χ0n) is 33.6. The van der Waals surface area contributed by atoms with Crippen LogP contribution in [0, 0.1) is 0 Å². The highest BCUT2D eigenvalue weighted by Crippen LogP contribution is 2.47. The Labute approximate surface area is 363 Å². The molecule has 0 aliphatic heterocycles. The number of furan rings is 1. The number of nitrogens with zero attached hydrogens (tertiary/aromatic N) is 4. The van der Waals surface area contributed by atoms with Gasteiger partial charge in [-0.05, 0) is 68.7 Å². The number of hydrogen-bond donors (Lipinski definition) is 0. The molecule has 0 aliphatic carbocycles. The molecule has 6 heteroatoms. The maximum atomic E-state index is 6.41. The van der Waals surface area contributed by atoms with Crippen LogP contribution < -0.4 is 0 Å². The highest BCUT2D eigenvalue weighted by Gasteiger charge is 2.24. The monoisotopic (exact) mass is 820 g/mol. The van der Waals surface area contributed by atoms with Gasteiger partial charge in [-0.2, -0.15) is 9.97 Å². The molecule has 14 rings (SSSR count). The lowest BCUT2D eigenvalue weighted by atomic mass is 9.97. The van der Waals surface area contributed by atoms with E-state index in [2.05, 4.69) is 180 Å². The fourth-order valence-corrected chi connectivity index (χ4v) is 11.2. The van der Waals surface area contributed by atoms with Crippen LogP contribution >= 0.6 is 11.3 Å². The van der Waals surface area contributed by atoms with Crippen molar-refractivity contribution in [3.8, 4) is 39.9 Å². The molecule has 0 saturated carbocycles. The van der Waals surface area contributed by atoms with E-state index in [-0.39, 0.29) is 0 Å². The highest BCUT2D eigenvalue weighted by atomic mass is 32.1. The molecule has 0 N–H and O–H groups in total. The summed E-state index contributed by atoms with van der Waals surface area (Å²) in [7, 11) is 0. The Balaban J connectivity index is 1.09. The summed E-state index contributed by atoms with van der Waals surface area (Å²) >= 11 is 1.86. The Hall–Kier alpha value is -8.19. The number of rotatable bonds is 4. The summed E-state index contributed by atoms with van der Waals surface area (Å²) in [4.78, 5) is 16.1. The molecule has 0 aliphatic rings. The van der Waals surface area contributed by atoms with Crippen LogP contribution in [0.25, 0.3) is 136 Å². The number of thiophene rings is 1. The molecule has 0 atom stereocenters. The van der Waals surface area contributed by atoms with E-state index in [4.69, 9.17) is 19.4 Å². The van der Waals surface area contributed by atoms with Gasteiger partial charge < -0.3 is 4.42 Å². The lowest BCUT2D eigenvalue weighted by molar-refractivity contribution is 0.669. The summed E-state index contributed by atoms with van der Waals surface area (Å²) in [6.07, 6.45) is 0. The average Bonchev–Trinajstić information content (AvgIpc) is 4.03. The second kappa shape index (κ2) is 13.2. The number of fused-ring (bicyclic) bond motifs is 14. The molecule has 0 bridgehead atoms. The van der Waals surface area contributed by atoms with Crippen LogP contribution in [0.5, 0.6) is 0 Å². The summed E-state index contributed by atoms with van der Waals surface area (Å²) < 4.78 is 11.2. The van der Waals surface area contributed by atoms with Crippen LogP contribution in [-0.4, -0.2) is 19.5 Å². The van der Waals surface area contributed by atoms with Crippen LogP contribution in [0.15, 0.2) is 199 Å². The zero-order chi connectivity index (χ0) is 41.2. The Morgan fingerprint density at radius 3 is 1.83 bits per heavy atom. The smallest absolute Gasteiger partial charge is 0.238 e. The fourth-order valence-electron chi connectivity index (χ4n) is 9.96. The van der Waals surface area contributed by atoms with E-state index < -0.39 is 0 Å². The minimum absolute atomic E-state index is 0.546. The first kappa shape index (κ1) is 34.5. The van der Waals surface area contributed by atoms with Gasteiger partial charge in [-0.1, -0.05) is 158 Å². The lowest BCUT2D eigenvalue weighted by Crippen LogP contribution is -2.07. The third-order valence-electron chi connectivity index (χ3n) is 12.8. The van der Waals surface area contributed by atoms with Gasteiger partial charge in [0.05, 0.1) is 11.0 Å². The van der Waals surface area contributed by atoms with Crippen LogP contribution in [0.3, 0.4) is 0 Å². The molecule has 0 amide bonds. The molecule has 0 fully saturated rings. The lowest BCUT2D eigenvalue weighted by Gasteiger charge is -2.13. The van der Waals surface area contributed by atoms with Crippen molar-refractivity contribution in [1.29, 1.82) is 0 Å². The van der Waals surface area contributed by atoms with Crippen molar-refractivity contribution in [3.63, 3.8) is 0 Å². The van der Waals surface area contributed by atoms with Gasteiger partial charge in [0.1, 0.15) is 11.2 Å². The van der Waals surface area contributed by atoms with Crippen molar-refractivity contribution in [3.05, 3.63) is 194 Å². The van der Waals surface area contributed by atoms with Crippen molar-refractivity contribution < 1.29 is 4.42 Å². The molecule has 0 spiro atoms. The largest absolute Gasteiger partial charge is 0.456 e. The molecule has 0 unspecified atom stereocenters. The molecule has 0 radical (unpaired) electrons. The van der Waals surface area contributed by atoms with E-state index in [0.29, 0.717) is 17.6 Å². The molecule has 10 aromatic carbocycles. The van der Waals surface area contributed by atoms with Crippen LogP contribution in [0.1, 0.15) is 0 Å². The zero-order valence-corrected chi connectivity index (χ0v) is 34.4. The molecule has 5 nitrogen and oxygen atoms in total.